The lowest BCUT2D eigenvalue weighted by Crippen LogP contribution is -2.46. The molecule has 1 rings (SSSR count). The summed E-state index contributed by atoms with van der Waals surface area (Å²) in [6, 6.07) is 5.61. The Morgan fingerprint density at radius 3 is 2.48 bits per heavy atom. The van der Waals surface area contributed by atoms with E-state index in [-0.39, 0.29) is 11.1 Å². The molecule has 120 valence electrons. The number of aromatic nitrogens is 1. The lowest BCUT2D eigenvalue weighted by Gasteiger charge is -2.39. The quantitative estimate of drug-likeness (QED) is 0.588. The Balaban J connectivity index is 2.50. The van der Waals surface area contributed by atoms with E-state index in [9.17, 15) is 0 Å². The van der Waals surface area contributed by atoms with Crippen molar-refractivity contribution in [2.75, 3.05) is 25.8 Å². The topological polar surface area (TPSA) is 52.6 Å². The first-order valence-electron chi connectivity index (χ1n) is 7.22. The zero-order valence-electron chi connectivity index (χ0n) is 14.0. The molecule has 0 saturated heterocycles. The van der Waals surface area contributed by atoms with Crippen molar-refractivity contribution in [2.45, 2.75) is 45.0 Å². The molecule has 0 aliphatic heterocycles. The van der Waals surface area contributed by atoms with Crippen LogP contribution in [0, 0.1) is 0 Å². The third-order valence-electron chi connectivity index (χ3n) is 3.73. The standard InChI is InChI=1S/C15H28N2O3Si/c1-15(2,3)21(5,6)20-13(11-18-4)12-19-17-14-9-7-8-10-16-14/h7-10,13H,11-12H2,1-6H3,(H,16,17)/t13-/m0/s1. The lowest BCUT2D eigenvalue weighted by atomic mass is 10.2. The van der Waals surface area contributed by atoms with Crippen molar-refractivity contribution >= 4 is 14.1 Å². The number of nitrogens with zero attached hydrogens (tertiary/aromatic N) is 1. The molecule has 5 nitrogen and oxygen atoms in total. The summed E-state index contributed by atoms with van der Waals surface area (Å²) in [5.41, 5.74) is 2.83. The molecule has 0 amide bonds. The number of hydrogen-bond donors (Lipinski definition) is 1. The number of anilines is 1. The smallest absolute Gasteiger partial charge is 0.192 e. The molecule has 1 aromatic heterocycles. The summed E-state index contributed by atoms with van der Waals surface area (Å²) in [5.74, 6) is 0.681. The Kier molecular flexibility index (Phi) is 6.80. The maximum absolute atomic E-state index is 6.31. The fourth-order valence-corrected chi connectivity index (χ4v) is 2.85. The highest BCUT2D eigenvalue weighted by Crippen LogP contribution is 2.37. The highest BCUT2D eigenvalue weighted by Gasteiger charge is 2.39. The number of ether oxygens (including phenoxy) is 1. The molecule has 0 aliphatic carbocycles. The van der Waals surface area contributed by atoms with Gasteiger partial charge in [-0.3, -0.25) is 4.84 Å². The van der Waals surface area contributed by atoms with E-state index < -0.39 is 8.32 Å². The second-order valence-electron chi connectivity index (χ2n) is 6.58. The maximum atomic E-state index is 6.31. The summed E-state index contributed by atoms with van der Waals surface area (Å²) >= 11 is 0. The number of methoxy groups -OCH3 is 1. The minimum absolute atomic E-state index is 0.0906. The molecule has 1 heterocycles. The predicted octanol–water partition coefficient (Wildman–Crippen LogP) is 3.46. The second-order valence-corrected chi connectivity index (χ2v) is 11.3. The molecular formula is C15H28N2O3Si. The van der Waals surface area contributed by atoms with Gasteiger partial charge in [0.2, 0.25) is 0 Å². The summed E-state index contributed by atoms with van der Waals surface area (Å²) in [6.07, 6.45) is 1.62. The minimum Gasteiger partial charge on any atom is -0.409 e. The van der Waals surface area contributed by atoms with E-state index in [4.69, 9.17) is 14.0 Å². The Bertz CT molecular complexity index is 407. The van der Waals surface area contributed by atoms with Crippen LogP contribution in [0.3, 0.4) is 0 Å². The van der Waals surface area contributed by atoms with Crippen LogP contribution in [0.4, 0.5) is 5.82 Å². The van der Waals surface area contributed by atoms with Crippen LogP contribution < -0.4 is 5.48 Å². The van der Waals surface area contributed by atoms with Crippen molar-refractivity contribution in [3.05, 3.63) is 24.4 Å². The van der Waals surface area contributed by atoms with Crippen molar-refractivity contribution in [1.29, 1.82) is 0 Å². The Morgan fingerprint density at radius 2 is 1.95 bits per heavy atom. The largest absolute Gasteiger partial charge is 0.409 e. The normalized spacial score (nSPS) is 14.0. The van der Waals surface area contributed by atoms with Gasteiger partial charge in [-0.05, 0) is 30.3 Å². The molecule has 1 atom stereocenters. The summed E-state index contributed by atoms with van der Waals surface area (Å²) in [6.45, 7) is 12.0. The number of nitrogens with one attached hydrogen (secondary N) is 1. The second kappa shape index (κ2) is 7.89. The van der Waals surface area contributed by atoms with Crippen molar-refractivity contribution in [1.82, 2.24) is 4.98 Å². The first kappa shape index (κ1) is 18.1. The molecule has 1 N–H and O–H groups in total. The van der Waals surface area contributed by atoms with Crippen LogP contribution in [0.5, 0.6) is 0 Å². The van der Waals surface area contributed by atoms with E-state index in [0.717, 1.165) is 0 Å². The molecule has 6 heteroatoms. The van der Waals surface area contributed by atoms with E-state index >= 15 is 0 Å². The van der Waals surface area contributed by atoms with E-state index in [1.165, 1.54) is 0 Å². The molecule has 0 radical (unpaired) electrons. The van der Waals surface area contributed by atoms with Crippen LogP contribution in [0.2, 0.25) is 18.1 Å². The third kappa shape index (κ3) is 6.13. The number of pyridine rings is 1. The van der Waals surface area contributed by atoms with Crippen LogP contribution in [-0.4, -0.2) is 39.7 Å². The fraction of sp³-hybridized carbons (Fsp3) is 0.667. The minimum atomic E-state index is -1.84. The van der Waals surface area contributed by atoms with Crippen LogP contribution >= 0.6 is 0 Å². The van der Waals surface area contributed by atoms with Crippen LogP contribution in [0.1, 0.15) is 20.8 Å². The third-order valence-corrected chi connectivity index (χ3v) is 8.27. The van der Waals surface area contributed by atoms with Crippen LogP contribution in [-0.2, 0) is 14.0 Å². The van der Waals surface area contributed by atoms with Gasteiger partial charge in [0.1, 0.15) is 12.4 Å². The Labute approximate surface area is 129 Å². The average Bonchev–Trinajstić information content (AvgIpc) is 2.38. The average molecular weight is 312 g/mol. The molecule has 0 fully saturated rings. The van der Waals surface area contributed by atoms with Crippen molar-refractivity contribution < 1.29 is 14.0 Å². The summed E-state index contributed by atoms with van der Waals surface area (Å²) in [4.78, 5) is 9.63. The van der Waals surface area contributed by atoms with Gasteiger partial charge in [-0.1, -0.05) is 26.8 Å². The molecule has 0 aliphatic rings. The van der Waals surface area contributed by atoms with E-state index in [1.54, 1.807) is 13.3 Å². The van der Waals surface area contributed by atoms with Crippen LogP contribution in [0.15, 0.2) is 24.4 Å². The molecule has 0 spiro atoms. The molecule has 21 heavy (non-hydrogen) atoms. The Morgan fingerprint density at radius 1 is 1.24 bits per heavy atom. The molecule has 1 aromatic rings. The summed E-state index contributed by atoms with van der Waals surface area (Å²) < 4.78 is 11.5. The molecule has 0 saturated carbocycles. The lowest BCUT2D eigenvalue weighted by molar-refractivity contribution is 0.0159. The number of rotatable bonds is 8. The SMILES string of the molecule is COC[C@@H](CONc1ccccn1)O[Si](C)(C)C(C)(C)C. The highest BCUT2D eigenvalue weighted by molar-refractivity contribution is 6.74. The van der Waals surface area contributed by atoms with Crippen LogP contribution in [0.25, 0.3) is 0 Å². The van der Waals surface area contributed by atoms with Gasteiger partial charge < -0.3 is 9.16 Å². The van der Waals surface area contributed by atoms with E-state index in [1.807, 2.05) is 18.2 Å². The highest BCUT2D eigenvalue weighted by atomic mass is 28.4. The van der Waals surface area contributed by atoms with E-state index in [2.05, 4.69) is 44.3 Å². The zero-order chi connectivity index (χ0) is 15.9. The maximum Gasteiger partial charge on any atom is 0.192 e. The molecular weight excluding hydrogens is 284 g/mol. The number of hydrogen-bond acceptors (Lipinski definition) is 5. The van der Waals surface area contributed by atoms with E-state index in [0.29, 0.717) is 19.0 Å². The van der Waals surface area contributed by atoms with Gasteiger partial charge in [0.05, 0.1) is 12.7 Å². The Hall–Kier alpha value is -0.953. The summed E-state index contributed by atoms with van der Waals surface area (Å²) in [7, 11) is -0.163. The van der Waals surface area contributed by atoms with Crippen molar-refractivity contribution in [3.63, 3.8) is 0 Å². The zero-order valence-corrected chi connectivity index (χ0v) is 15.0. The van der Waals surface area contributed by atoms with Gasteiger partial charge in [-0.25, -0.2) is 10.5 Å². The summed E-state index contributed by atoms with van der Waals surface area (Å²) in [5, 5.41) is 0.160. The van der Waals surface area contributed by atoms with Crippen molar-refractivity contribution in [2.24, 2.45) is 0 Å². The molecule has 0 aromatic carbocycles. The van der Waals surface area contributed by atoms with Gasteiger partial charge in [0.25, 0.3) is 0 Å². The van der Waals surface area contributed by atoms with Gasteiger partial charge in [-0.2, -0.15) is 0 Å². The first-order chi connectivity index (χ1) is 9.76. The fourth-order valence-electron chi connectivity index (χ4n) is 1.53. The molecule has 0 unspecified atom stereocenters. The molecule has 0 bridgehead atoms. The van der Waals surface area contributed by atoms with Crippen molar-refractivity contribution in [3.8, 4) is 0 Å². The first-order valence-corrected chi connectivity index (χ1v) is 10.1. The van der Waals surface area contributed by atoms with Gasteiger partial charge in [-0.15, -0.1) is 0 Å². The predicted molar refractivity (Wildman–Crippen MR) is 87.8 cm³/mol. The van der Waals surface area contributed by atoms with Gasteiger partial charge in [0, 0.05) is 13.3 Å². The monoisotopic (exact) mass is 312 g/mol. The van der Waals surface area contributed by atoms with Gasteiger partial charge >= 0.3 is 0 Å². The van der Waals surface area contributed by atoms with Gasteiger partial charge in [0.15, 0.2) is 8.32 Å².